The number of halogens is 2. The van der Waals surface area contributed by atoms with Crippen molar-refractivity contribution in [3.8, 4) is 5.75 Å². The van der Waals surface area contributed by atoms with E-state index < -0.39 is 15.9 Å². The van der Waals surface area contributed by atoms with Crippen LogP contribution in [0.2, 0.25) is 10.0 Å². The minimum Gasteiger partial charge on any atom is -0.492 e. The minimum atomic E-state index is -3.66. The Morgan fingerprint density at radius 1 is 1.15 bits per heavy atom. The van der Waals surface area contributed by atoms with Crippen LogP contribution in [0, 0.1) is 6.92 Å². The lowest BCUT2D eigenvalue weighted by Gasteiger charge is -2.24. The molecule has 0 atom stereocenters. The van der Waals surface area contributed by atoms with E-state index in [4.69, 9.17) is 27.9 Å². The molecule has 0 radical (unpaired) electrons. The van der Waals surface area contributed by atoms with Gasteiger partial charge in [0.15, 0.2) is 0 Å². The molecule has 0 saturated carbocycles. The lowest BCUT2D eigenvalue weighted by Crippen LogP contribution is -2.41. The molecule has 0 unspecified atom stereocenters. The first-order valence-corrected chi connectivity index (χ1v) is 10.7. The maximum absolute atomic E-state index is 12.2. The van der Waals surface area contributed by atoms with Gasteiger partial charge in [-0.2, -0.15) is 0 Å². The first-order valence-electron chi connectivity index (χ1n) is 8.06. The Hall–Kier alpha value is -1.96. The van der Waals surface area contributed by atoms with Crippen molar-refractivity contribution in [2.75, 3.05) is 30.3 Å². The van der Waals surface area contributed by atoms with E-state index in [1.54, 1.807) is 49.4 Å². The van der Waals surface area contributed by atoms with Crippen LogP contribution in [0.1, 0.15) is 5.56 Å². The zero-order valence-electron chi connectivity index (χ0n) is 14.9. The minimum absolute atomic E-state index is 0.230. The molecule has 2 aromatic carbocycles. The Morgan fingerprint density at radius 3 is 2.44 bits per heavy atom. The molecule has 1 amide bonds. The second-order valence-electron chi connectivity index (χ2n) is 5.81. The number of sulfonamides is 1. The third-order valence-corrected chi connectivity index (χ3v) is 5.49. The Morgan fingerprint density at radius 2 is 1.81 bits per heavy atom. The number of ether oxygens (including phenoxy) is 1. The molecule has 0 aliphatic rings. The van der Waals surface area contributed by atoms with Gasteiger partial charge in [-0.1, -0.05) is 29.3 Å². The van der Waals surface area contributed by atoms with Crippen LogP contribution >= 0.6 is 23.2 Å². The van der Waals surface area contributed by atoms with Crippen LogP contribution in [0.15, 0.2) is 42.5 Å². The first-order chi connectivity index (χ1) is 12.7. The molecule has 0 spiro atoms. The highest BCUT2D eigenvalue weighted by atomic mass is 35.5. The van der Waals surface area contributed by atoms with E-state index in [-0.39, 0.29) is 19.7 Å². The molecule has 0 bridgehead atoms. The molecule has 2 rings (SSSR count). The molecule has 0 aliphatic carbocycles. The average molecular weight is 431 g/mol. The third kappa shape index (κ3) is 6.30. The van der Waals surface area contributed by atoms with Crippen molar-refractivity contribution in [2.45, 2.75) is 6.92 Å². The van der Waals surface area contributed by atoms with E-state index in [0.717, 1.165) is 10.6 Å². The smallest absolute Gasteiger partial charge is 0.240 e. The van der Waals surface area contributed by atoms with Gasteiger partial charge in [0.05, 0.1) is 18.5 Å². The molecule has 27 heavy (non-hydrogen) atoms. The normalized spacial score (nSPS) is 11.1. The summed E-state index contributed by atoms with van der Waals surface area (Å²) in [5.74, 6) is 0.181. The van der Waals surface area contributed by atoms with E-state index in [0.29, 0.717) is 27.0 Å². The Kier molecular flexibility index (Phi) is 7.35. The average Bonchev–Trinajstić information content (AvgIpc) is 2.60. The molecule has 9 heteroatoms. The number of rotatable bonds is 8. The highest BCUT2D eigenvalue weighted by molar-refractivity contribution is 7.92. The van der Waals surface area contributed by atoms with Crippen molar-refractivity contribution in [3.05, 3.63) is 58.1 Å². The quantitative estimate of drug-likeness (QED) is 0.651. The van der Waals surface area contributed by atoms with E-state index >= 15 is 0 Å². The largest absolute Gasteiger partial charge is 0.492 e. The summed E-state index contributed by atoms with van der Waals surface area (Å²) in [4.78, 5) is 12.2. The molecule has 6 nitrogen and oxygen atoms in total. The van der Waals surface area contributed by atoms with E-state index in [2.05, 4.69) is 5.32 Å². The summed E-state index contributed by atoms with van der Waals surface area (Å²) in [6.07, 6.45) is 1.05. The van der Waals surface area contributed by atoms with Crippen LogP contribution in [0.3, 0.4) is 0 Å². The van der Waals surface area contributed by atoms with E-state index in [1.807, 2.05) is 0 Å². The van der Waals surface area contributed by atoms with Gasteiger partial charge < -0.3 is 10.1 Å². The van der Waals surface area contributed by atoms with Gasteiger partial charge in [-0.3, -0.25) is 9.10 Å². The standard InChI is InChI=1S/C18H20Cl2N2O4S/c1-13-16(20)4-3-5-17(13)22(27(2,24)25)12-18(23)21-10-11-26-15-8-6-14(19)7-9-15/h3-9H,10-12H2,1-2H3,(H,21,23). The second kappa shape index (κ2) is 9.30. The monoisotopic (exact) mass is 430 g/mol. The maximum atomic E-state index is 12.2. The molecule has 0 heterocycles. The van der Waals surface area contributed by atoms with Crippen molar-refractivity contribution in [1.82, 2.24) is 5.32 Å². The highest BCUT2D eigenvalue weighted by Crippen LogP contribution is 2.27. The van der Waals surface area contributed by atoms with Gasteiger partial charge >= 0.3 is 0 Å². The fourth-order valence-corrected chi connectivity index (χ4v) is 3.53. The van der Waals surface area contributed by atoms with Crippen molar-refractivity contribution in [1.29, 1.82) is 0 Å². The molecule has 0 aromatic heterocycles. The molecule has 0 saturated heterocycles. The molecule has 0 fully saturated rings. The second-order valence-corrected chi connectivity index (χ2v) is 8.56. The highest BCUT2D eigenvalue weighted by Gasteiger charge is 2.22. The lowest BCUT2D eigenvalue weighted by molar-refractivity contribution is -0.119. The van der Waals surface area contributed by atoms with Gasteiger partial charge in [-0.25, -0.2) is 8.42 Å². The number of nitrogens with zero attached hydrogens (tertiary/aromatic N) is 1. The van der Waals surface area contributed by atoms with Crippen LogP contribution in [-0.2, 0) is 14.8 Å². The molecule has 146 valence electrons. The third-order valence-electron chi connectivity index (χ3n) is 3.70. The first kappa shape index (κ1) is 21.3. The molecule has 1 N–H and O–H groups in total. The van der Waals surface area contributed by atoms with E-state index in [9.17, 15) is 13.2 Å². The summed E-state index contributed by atoms with van der Waals surface area (Å²) >= 11 is 11.9. The zero-order chi connectivity index (χ0) is 20.0. The summed E-state index contributed by atoms with van der Waals surface area (Å²) in [7, 11) is -3.66. The van der Waals surface area contributed by atoms with E-state index in [1.165, 1.54) is 0 Å². The number of nitrogens with one attached hydrogen (secondary N) is 1. The van der Waals surface area contributed by atoms with Crippen molar-refractivity contribution in [2.24, 2.45) is 0 Å². The Bertz CT molecular complexity index is 902. The van der Waals surface area contributed by atoms with Crippen LogP contribution in [0.25, 0.3) is 0 Å². The van der Waals surface area contributed by atoms with Gasteiger partial charge in [0.25, 0.3) is 0 Å². The lowest BCUT2D eigenvalue weighted by atomic mass is 10.2. The number of hydrogen-bond donors (Lipinski definition) is 1. The molecular formula is C18H20Cl2N2O4S. The van der Waals surface area contributed by atoms with Crippen molar-refractivity contribution < 1.29 is 17.9 Å². The predicted molar refractivity (Wildman–Crippen MR) is 108 cm³/mol. The molecular weight excluding hydrogens is 411 g/mol. The van der Waals surface area contributed by atoms with Gasteiger partial charge in [-0.05, 0) is 48.9 Å². The number of carbonyl (C=O) groups is 1. The van der Waals surface area contributed by atoms with Gasteiger partial charge in [0.1, 0.15) is 18.9 Å². The summed E-state index contributed by atoms with van der Waals surface area (Å²) in [5, 5.41) is 3.67. The fraction of sp³-hybridized carbons (Fsp3) is 0.278. The maximum Gasteiger partial charge on any atom is 0.240 e. The summed E-state index contributed by atoms with van der Waals surface area (Å²) in [5.41, 5.74) is 0.959. The zero-order valence-corrected chi connectivity index (χ0v) is 17.2. The summed E-state index contributed by atoms with van der Waals surface area (Å²) in [6, 6.07) is 11.8. The number of benzene rings is 2. The number of hydrogen-bond acceptors (Lipinski definition) is 4. The van der Waals surface area contributed by atoms with Crippen LogP contribution < -0.4 is 14.4 Å². The van der Waals surface area contributed by atoms with Crippen molar-refractivity contribution >= 4 is 44.8 Å². The summed E-state index contributed by atoms with van der Waals surface area (Å²) < 4.78 is 30.8. The Labute approximate surface area is 169 Å². The number of anilines is 1. The van der Waals surface area contributed by atoms with Crippen LogP contribution in [-0.4, -0.2) is 40.3 Å². The number of carbonyl (C=O) groups excluding carboxylic acids is 1. The van der Waals surface area contributed by atoms with Crippen molar-refractivity contribution in [3.63, 3.8) is 0 Å². The van der Waals surface area contributed by atoms with Gasteiger partial charge in [0, 0.05) is 10.0 Å². The summed E-state index contributed by atoms with van der Waals surface area (Å²) in [6.45, 7) is 1.82. The SMILES string of the molecule is Cc1c(Cl)cccc1N(CC(=O)NCCOc1ccc(Cl)cc1)S(C)(=O)=O. The topological polar surface area (TPSA) is 75.7 Å². The fourth-order valence-electron chi connectivity index (χ4n) is 2.32. The van der Waals surface area contributed by atoms with Crippen LogP contribution in [0.5, 0.6) is 5.75 Å². The number of amides is 1. The molecule has 0 aliphatic heterocycles. The Balaban J connectivity index is 1.94. The molecule has 2 aromatic rings. The van der Waals surface area contributed by atoms with Gasteiger partial charge in [0.2, 0.25) is 15.9 Å². The van der Waals surface area contributed by atoms with Crippen LogP contribution in [0.4, 0.5) is 5.69 Å². The van der Waals surface area contributed by atoms with Gasteiger partial charge in [-0.15, -0.1) is 0 Å². The predicted octanol–water partition coefficient (Wildman–Crippen LogP) is 3.26.